The first kappa shape index (κ1) is 21.3. The molecule has 2 aromatic rings. The summed E-state index contributed by atoms with van der Waals surface area (Å²) in [6, 6.07) is 11.9. The molecule has 0 saturated carbocycles. The topological polar surface area (TPSA) is 65.5 Å². The van der Waals surface area contributed by atoms with Gasteiger partial charge in [-0.1, -0.05) is 39.0 Å². The number of fused-ring (bicyclic) bond motifs is 1. The summed E-state index contributed by atoms with van der Waals surface area (Å²) >= 11 is 0. The molecule has 2 amide bonds. The minimum Gasteiger partial charge on any atom is -0.356 e. The maximum Gasteiger partial charge on any atom is 0.259 e. The standard InChI is InChI=1S/C25H32N4O2/c1-25(2,3)24(31)27-15-18-7-6-13-28(17-18)22-11-10-20(16-26-22)23(30)29-14-12-19-8-4-5-9-21(19)29/h4-5,8-11,16,18H,6-7,12-15,17H2,1-3H3,(H,27,31). The molecule has 0 aliphatic carbocycles. The van der Waals surface area contributed by atoms with Crippen molar-refractivity contribution >= 4 is 23.3 Å². The number of carbonyl (C=O) groups excluding carboxylic acids is 2. The Bertz CT molecular complexity index is 949. The van der Waals surface area contributed by atoms with Gasteiger partial charge in [0.2, 0.25) is 5.91 Å². The zero-order valence-electron chi connectivity index (χ0n) is 18.7. The smallest absolute Gasteiger partial charge is 0.259 e. The molecule has 164 valence electrons. The maximum atomic E-state index is 13.0. The molecular weight excluding hydrogens is 388 g/mol. The summed E-state index contributed by atoms with van der Waals surface area (Å²) in [5.74, 6) is 1.40. The lowest BCUT2D eigenvalue weighted by molar-refractivity contribution is -0.128. The molecule has 1 aromatic heterocycles. The van der Waals surface area contributed by atoms with Crippen LogP contribution in [0.15, 0.2) is 42.6 Å². The summed E-state index contributed by atoms with van der Waals surface area (Å²) < 4.78 is 0. The van der Waals surface area contributed by atoms with Crippen LogP contribution in [-0.4, -0.2) is 43.0 Å². The van der Waals surface area contributed by atoms with Gasteiger partial charge >= 0.3 is 0 Å². The van der Waals surface area contributed by atoms with E-state index in [4.69, 9.17) is 0 Å². The van der Waals surface area contributed by atoms with Crippen LogP contribution in [0, 0.1) is 11.3 Å². The lowest BCUT2D eigenvalue weighted by atomic mass is 9.94. The molecule has 0 spiro atoms. The number of nitrogens with zero attached hydrogens (tertiary/aromatic N) is 3. The van der Waals surface area contributed by atoms with Crippen LogP contribution >= 0.6 is 0 Å². The number of carbonyl (C=O) groups is 2. The van der Waals surface area contributed by atoms with Gasteiger partial charge in [0.1, 0.15) is 5.82 Å². The van der Waals surface area contributed by atoms with E-state index in [0.717, 1.165) is 43.9 Å². The number of anilines is 2. The monoisotopic (exact) mass is 420 g/mol. The number of pyridine rings is 1. The van der Waals surface area contributed by atoms with Crippen LogP contribution < -0.4 is 15.1 Å². The first-order valence-corrected chi connectivity index (χ1v) is 11.2. The fourth-order valence-electron chi connectivity index (χ4n) is 4.35. The molecule has 1 N–H and O–H groups in total. The Kier molecular flexibility index (Phi) is 5.99. The van der Waals surface area contributed by atoms with Gasteiger partial charge < -0.3 is 15.1 Å². The minimum atomic E-state index is -0.367. The third-order valence-electron chi connectivity index (χ3n) is 6.20. The molecule has 1 unspecified atom stereocenters. The number of aromatic nitrogens is 1. The molecule has 4 rings (SSSR count). The van der Waals surface area contributed by atoms with Gasteiger partial charge in [-0.2, -0.15) is 0 Å². The van der Waals surface area contributed by atoms with E-state index < -0.39 is 0 Å². The second-order valence-corrected chi connectivity index (χ2v) is 9.65. The first-order valence-electron chi connectivity index (χ1n) is 11.2. The van der Waals surface area contributed by atoms with Crippen LogP contribution in [0.3, 0.4) is 0 Å². The Balaban J connectivity index is 1.38. The summed E-state index contributed by atoms with van der Waals surface area (Å²) in [6.45, 7) is 9.02. The molecule has 2 aliphatic rings. The lowest BCUT2D eigenvalue weighted by Crippen LogP contribution is -2.43. The number of hydrogen-bond acceptors (Lipinski definition) is 4. The second kappa shape index (κ2) is 8.69. The normalized spacial score (nSPS) is 18.6. The number of piperidine rings is 1. The van der Waals surface area contributed by atoms with Crippen molar-refractivity contribution < 1.29 is 9.59 Å². The van der Waals surface area contributed by atoms with Crippen molar-refractivity contribution in [3.05, 3.63) is 53.7 Å². The van der Waals surface area contributed by atoms with Crippen LogP contribution in [-0.2, 0) is 11.2 Å². The van der Waals surface area contributed by atoms with Gasteiger partial charge in [0, 0.05) is 43.5 Å². The highest BCUT2D eigenvalue weighted by atomic mass is 16.2. The Morgan fingerprint density at radius 3 is 2.68 bits per heavy atom. The predicted molar refractivity (Wildman–Crippen MR) is 123 cm³/mol. The molecule has 1 atom stereocenters. The van der Waals surface area contributed by atoms with E-state index in [1.165, 1.54) is 5.56 Å². The SMILES string of the molecule is CC(C)(C)C(=O)NCC1CCCN(c2ccc(C(=O)N3CCc4ccccc43)cn2)C1. The first-order chi connectivity index (χ1) is 14.8. The average molecular weight is 421 g/mol. The summed E-state index contributed by atoms with van der Waals surface area (Å²) in [5.41, 5.74) is 2.48. The fraction of sp³-hybridized carbons (Fsp3) is 0.480. The summed E-state index contributed by atoms with van der Waals surface area (Å²) in [4.78, 5) is 33.9. The van der Waals surface area contributed by atoms with Crippen LogP contribution in [0.2, 0.25) is 0 Å². The van der Waals surface area contributed by atoms with Gasteiger partial charge in [-0.3, -0.25) is 9.59 Å². The Morgan fingerprint density at radius 1 is 1.13 bits per heavy atom. The zero-order chi connectivity index (χ0) is 22.0. The number of hydrogen-bond donors (Lipinski definition) is 1. The number of rotatable bonds is 4. The van der Waals surface area contributed by atoms with E-state index in [-0.39, 0.29) is 17.2 Å². The van der Waals surface area contributed by atoms with Crippen LogP contribution in [0.4, 0.5) is 11.5 Å². The third-order valence-corrected chi connectivity index (χ3v) is 6.20. The van der Waals surface area contributed by atoms with Gasteiger partial charge in [-0.05, 0) is 48.9 Å². The molecule has 6 heteroatoms. The van der Waals surface area contributed by atoms with E-state index in [9.17, 15) is 9.59 Å². The Morgan fingerprint density at radius 2 is 1.94 bits per heavy atom. The molecule has 0 radical (unpaired) electrons. The van der Waals surface area contributed by atoms with Crippen molar-refractivity contribution in [1.29, 1.82) is 0 Å². The number of amides is 2. The van der Waals surface area contributed by atoms with Crippen molar-refractivity contribution in [2.24, 2.45) is 11.3 Å². The summed E-state index contributed by atoms with van der Waals surface area (Å²) in [5, 5.41) is 3.09. The Hall–Kier alpha value is -2.89. The van der Waals surface area contributed by atoms with Crippen LogP contribution in [0.5, 0.6) is 0 Å². The Labute approximate surface area is 184 Å². The molecule has 6 nitrogen and oxygen atoms in total. The van der Waals surface area contributed by atoms with E-state index in [0.29, 0.717) is 24.6 Å². The van der Waals surface area contributed by atoms with Gasteiger partial charge in [-0.15, -0.1) is 0 Å². The van der Waals surface area contributed by atoms with Gasteiger partial charge in [0.05, 0.1) is 5.56 Å². The third kappa shape index (κ3) is 4.73. The van der Waals surface area contributed by atoms with E-state index >= 15 is 0 Å². The zero-order valence-corrected chi connectivity index (χ0v) is 18.7. The predicted octanol–water partition coefficient (Wildman–Crippen LogP) is 3.66. The molecule has 3 heterocycles. The largest absolute Gasteiger partial charge is 0.356 e. The summed E-state index contributed by atoms with van der Waals surface area (Å²) in [6.07, 6.45) is 4.77. The van der Waals surface area contributed by atoms with Gasteiger partial charge in [0.15, 0.2) is 0 Å². The van der Waals surface area contributed by atoms with E-state index in [1.54, 1.807) is 6.20 Å². The maximum absolute atomic E-state index is 13.0. The van der Waals surface area contributed by atoms with Crippen LogP contribution in [0.25, 0.3) is 0 Å². The molecule has 1 fully saturated rings. The highest BCUT2D eigenvalue weighted by Gasteiger charge is 2.27. The van der Waals surface area contributed by atoms with Crippen molar-refractivity contribution in [1.82, 2.24) is 10.3 Å². The molecule has 1 aromatic carbocycles. The highest BCUT2D eigenvalue weighted by molar-refractivity contribution is 6.07. The van der Waals surface area contributed by atoms with Crippen molar-refractivity contribution in [2.45, 2.75) is 40.0 Å². The van der Waals surface area contributed by atoms with Crippen molar-refractivity contribution in [3.63, 3.8) is 0 Å². The van der Waals surface area contributed by atoms with E-state index in [1.807, 2.05) is 56.0 Å². The summed E-state index contributed by atoms with van der Waals surface area (Å²) in [7, 11) is 0. The fourth-order valence-corrected chi connectivity index (χ4v) is 4.35. The van der Waals surface area contributed by atoms with Crippen LogP contribution in [0.1, 0.15) is 49.5 Å². The average Bonchev–Trinajstić information content (AvgIpc) is 3.21. The van der Waals surface area contributed by atoms with Gasteiger partial charge in [-0.25, -0.2) is 4.98 Å². The lowest BCUT2D eigenvalue weighted by Gasteiger charge is -2.34. The molecule has 31 heavy (non-hydrogen) atoms. The number of benzene rings is 1. The molecular formula is C25H32N4O2. The van der Waals surface area contributed by atoms with Crippen molar-refractivity contribution in [3.8, 4) is 0 Å². The highest BCUT2D eigenvalue weighted by Crippen LogP contribution is 2.29. The quantitative estimate of drug-likeness (QED) is 0.820. The molecule has 2 aliphatic heterocycles. The number of nitrogens with one attached hydrogen (secondary N) is 1. The van der Waals surface area contributed by atoms with Gasteiger partial charge in [0.25, 0.3) is 5.91 Å². The second-order valence-electron chi connectivity index (χ2n) is 9.65. The number of para-hydroxylation sites is 1. The van der Waals surface area contributed by atoms with Crippen molar-refractivity contribution in [2.75, 3.05) is 36.0 Å². The minimum absolute atomic E-state index is 0.00501. The molecule has 0 bridgehead atoms. The molecule has 1 saturated heterocycles. The van der Waals surface area contributed by atoms with E-state index in [2.05, 4.69) is 21.3 Å².